The summed E-state index contributed by atoms with van der Waals surface area (Å²) < 4.78 is 39.6. The first-order chi connectivity index (χ1) is 12.7. The summed E-state index contributed by atoms with van der Waals surface area (Å²) in [5.41, 5.74) is -3.75. The number of hydrogen-bond donors (Lipinski definition) is 2. The number of nitrogens with one attached hydrogen (secondary N) is 1. The van der Waals surface area contributed by atoms with Crippen LogP contribution < -0.4 is 10.2 Å². The Balaban J connectivity index is 2.10. The second-order valence-corrected chi connectivity index (χ2v) is 5.84. The monoisotopic (exact) mass is 375 g/mol. The molecule has 0 radical (unpaired) electrons. The second-order valence-electron chi connectivity index (χ2n) is 5.84. The van der Waals surface area contributed by atoms with E-state index in [0.717, 1.165) is 12.1 Å². The molecule has 1 saturated heterocycles. The van der Waals surface area contributed by atoms with E-state index < -0.39 is 41.4 Å². The zero-order valence-electron chi connectivity index (χ0n) is 13.6. The van der Waals surface area contributed by atoms with Gasteiger partial charge in [0.2, 0.25) is 0 Å². The van der Waals surface area contributed by atoms with Crippen LogP contribution in [0, 0.1) is 11.3 Å². The van der Waals surface area contributed by atoms with Crippen molar-refractivity contribution < 1.29 is 27.9 Å². The average molecular weight is 375 g/mol. The topological polar surface area (TPSA) is 93.4 Å². The van der Waals surface area contributed by atoms with E-state index in [4.69, 9.17) is 5.26 Å². The van der Waals surface area contributed by atoms with Gasteiger partial charge in [-0.1, -0.05) is 30.3 Å². The summed E-state index contributed by atoms with van der Waals surface area (Å²) in [6, 6.07) is 10.9. The minimum absolute atomic E-state index is 0.290. The third-order valence-corrected chi connectivity index (χ3v) is 4.28. The number of aliphatic hydroxyl groups excluding tert-OH is 1. The first kappa shape index (κ1) is 18.4. The van der Waals surface area contributed by atoms with Gasteiger partial charge in [0.05, 0.1) is 29.5 Å². The van der Waals surface area contributed by atoms with Crippen LogP contribution >= 0.6 is 0 Å². The first-order valence-electron chi connectivity index (χ1n) is 7.69. The maximum absolute atomic E-state index is 13.2. The zero-order valence-corrected chi connectivity index (χ0v) is 13.6. The molecule has 6 nitrogen and oxygen atoms in total. The highest BCUT2D eigenvalue weighted by Crippen LogP contribution is 2.37. The molecule has 27 heavy (non-hydrogen) atoms. The molecule has 2 N–H and O–H groups in total. The van der Waals surface area contributed by atoms with Crippen molar-refractivity contribution in [3.63, 3.8) is 0 Å². The number of alkyl halides is 3. The molecule has 3 amide bonds. The smallest absolute Gasteiger partial charge is 0.393 e. The highest BCUT2D eigenvalue weighted by atomic mass is 19.4. The van der Waals surface area contributed by atoms with Crippen LogP contribution in [-0.2, 0) is 16.5 Å². The fourth-order valence-corrected chi connectivity index (χ4v) is 2.93. The molecular weight excluding hydrogens is 363 g/mol. The van der Waals surface area contributed by atoms with Crippen molar-refractivity contribution in [2.45, 2.75) is 11.7 Å². The summed E-state index contributed by atoms with van der Waals surface area (Å²) >= 11 is 0. The highest BCUT2D eigenvalue weighted by molar-refractivity contribution is 6.23. The number of imide groups is 1. The summed E-state index contributed by atoms with van der Waals surface area (Å²) in [5, 5.41) is 21.0. The van der Waals surface area contributed by atoms with Crippen LogP contribution in [0.5, 0.6) is 0 Å². The van der Waals surface area contributed by atoms with E-state index in [0.29, 0.717) is 11.0 Å². The Bertz CT molecular complexity index is 954. The number of anilines is 1. The number of nitriles is 1. The standard InChI is InChI=1S/C18H12F3N3O3/c19-18(20,21)14-8-13(7-6-11(14)9-22)24-15(26)17(10-25,23-16(24)27)12-4-2-1-3-5-12/h1-8,25H,10H2,(H,23,27)/t17-/m0/s1. The predicted octanol–water partition coefficient (Wildman–Crippen LogP) is 2.52. The molecule has 0 aliphatic carbocycles. The lowest BCUT2D eigenvalue weighted by Crippen LogP contribution is -2.47. The van der Waals surface area contributed by atoms with E-state index in [2.05, 4.69) is 5.32 Å². The Labute approximate surface area is 151 Å². The van der Waals surface area contributed by atoms with Gasteiger partial charge in [0, 0.05) is 0 Å². The summed E-state index contributed by atoms with van der Waals surface area (Å²) in [6.45, 7) is -0.777. The van der Waals surface area contributed by atoms with Crippen molar-refractivity contribution in [3.05, 3.63) is 65.2 Å². The van der Waals surface area contributed by atoms with E-state index in [1.807, 2.05) is 0 Å². The van der Waals surface area contributed by atoms with Crippen LogP contribution in [0.25, 0.3) is 0 Å². The van der Waals surface area contributed by atoms with Gasteiger partial charge in [-0.25, -0.2) is 9.69 Å². The zero-order chi connectivity index (χ0) is 19.8. The molecule has 0 saturated carbocycles. The minimum atomic E-state index is -4.84. The largest absolute Gasteiger partial charge is 0.417 e. The molecule has 0 bridgehead atoms. The lowest BCUT2D eigenvalue weighted by molar-refractivity contribution is -0.137. The number of benzene rings is 2. The quantitative estimate of drug-likeness (QED) is 0.807. The van der Waals surface area contributed by atoms with Crippen molar-refractivity contribution in [2.75, 3.05) is 11.5 Å². The first-order valence-corrected chi connectivity index (χ1v) is 7.69. The SMILES string of the molecule is N#Cc1ccc(N2C(=O)N[C@@](CO)(c3ccccc3)C2=O)cc1C(F)(F)F. The molecule has 0 spiro atoms. The molecular formula is C18H12F3N3O3. The van der Waals surface area contributed by atoms with Gasteiger partial charge in [0.15, 0.2) is 5.54 Å². The molecule has 1 fully saturated rings. The van der Waals surface area contributed by atoms with Crippen molar-refractivity contribution in [1.29, 1.82) is 5.26 Å². The van der Waals surface area contributed by atoms with Crippen LogP contribution in [0.3, 0.4) is 0 Å². The number of urea groups is 1. The van der Waals surface area contributed by atoms with E-state index in [1.54, 1.807) is 18.2 Å². The number of rotatable bonds is 3. The molecule has 2 aromatic carbocycles. The van der Waals surface area contributed by atoms with Crippen molar-refractivity contribution in [1.82, 2.24) is 5.32 Å². The Morgan fingerprint density at radius 3 is 2.37 bits per heavy atom. The molecule has 2 aromatic rings. The Hall–Kier alpha value is -3.38. The summed E-state index contributed by atoms with van der Waals surface area (Å²) in [6.07, 6.45) is -4.84. The fourth-order valence-electron chi connectivity index (χ4n) is 2.93. The molecule has 0 unspecified atom stereocenters. The molecule has 9 heteroatoms. The molecule has 1 atom stereocenters. The summed E-state index contributed by atoms with van der Waals surface area (Å²) in [5.74, 6) is -0.918. The van der Waals surface area contributed by atoms with Gasteiger partial charge in [-0.05, 0) is 23.8 Å². The van der Waals surface area contributed by atoms with E-state index in [9.17, 15) is 27.9 Å². The van der Waals surface area contributed by atoms with Crippen LogP contribution in [0.2, 0.25) is 0 Å². The minimum Gasteiger partial charge on any atom is -0.393 e. The van der Waals surface area contributed by atoms with Gasteiger partial charge < -0.3 is 10.4 Å². The molecule has 1 aliphatic heterocycles. The number of carbonyl (C=O) groups is 2. The van der Waals surface area contributed by atoms with Crippen molar-refractivity contribution in [2.24, 2.45) is 0 Å². The second kappa shape index (κ2) is 6.41. The fraction of sp³-hybridized carbons (Fsp3) is 0.167. The normalized spacial score (nSPS) is 19.7. The van der Waals surface area contributed by atoms with Crippen LogP contribution in [0.15, 0.2) is 48.5 Å². The van der Waals surface area contributed by atoms with Gasteiger partial charge in [0.25, 0.3) is 5.91 Å². The van der Waals surface area contributed by atoms with Crippen molar-refractivity contribution >= 4 is 17.6 Å². The molecule has 0 aromatic heterocycles. The van der Waals surface area contributed by atoms with Crippen LogP contribution in [-0.4, -0.2) is 23.7 Å². The van der Waals surface area contributed by atoms with Gasteiger partial charge in [-0.2, -0.15) is 18.4 Å². The number of amides is 3. The maximum atomic E-state index is 13.2. The van der Waals surface area contributed by atoms with E-state index >= 15 is 0 Å². The van der Waals surface area contributed by atoms with E-state index in [1.165, 1.54) is 18.2 Å². The number of aliphatic hydroxyl groups is 1. The number of halogens is 3. The lowest BCUT2D eigenvalue weighted by atomic mass is 9.90. The van der Waals surface area contributed by atoms with Crippen LogP contribution in [0.4, 0.5) is 23.7 Å². The number of hydrogen-bond acceptors (Lipinski definition) is 4. The van der Waals surface area contributed by atoms with Gasteiger partial charge >= 0.3 is 12.2 Å². The predicted molar refractivity (Wildman–Crippen MR) is 87.4 cm³/mol. The molecule has 1 heterocycles. The number of carbonyl (C=O) groups excluding carboxylic acids is 2. The molecule has 3 rings (SSSR count). The highest BCUT2D eigenvalue weighted by Gasteiger charge is 2.53. The van der Waals surface area contributed by atoms with Gasteiger partial charge in [-0.3, -0.25) is 4.79 Å². The van der Waals surface area contributed by atoms with E-state index in [-0.39, 0.29) is 11.3 Å². The van der Waals surface area contributed by atoms with Crippen LogP contribution in [0.1, 0.15) is 16.7 Å². The lowest BCUT2D eigenvalue weighted by Gasteiger charge is -2.24. The molecule has 1 aliphatic rings. The average Bonchev–Trinajstić information content (AvgIpc) is 2.92. The third kappa shape index (κ3) is 2.90. The maximum Gasteiger partial charge on any atom is 0.417 e. The van der Waals surface area contributed by atoms with Gasteiger partial charge in [0.1, 0.15) is 0 Å². The Morgan fingerprint density at radius 1 is 1.15 bits per heavy atom. The summed E-state index contributed by atoms with van der Waals surface area (Å²) in [4.78, 5) is 25.8. The number of nitrogens with zero attached hydrogens (tertiary/aromatic N) is 2. The van der Waals surface area contributed by atoms with Crippen molar-refractivity contribution in [3.8, 4) is 6.07 Å². The third-order valence-electron chi connectivity index (χ3n) is 4.28. The van der Waals surface area contributed by atoms with Gasteiger partial charge in [-0.15, -0.1) is 0 Å². The Morgan fingerprint density at radius 2 is 1.81 bits per heavy atom. The Kier molecular flexibility index (Phi) is 4.37. The molecule has 138 valence electrons. The summed E-state index contributed by atoms with van der Waals surface area (Å²) in [7, 11) is 0.